The third kappa shape index (κ3) is 4.30. The summed E-state index contributed by atoms with van der Waals surface area (Å²) in [6.45, 7) is 2.06. The Labute approximate surface area is 167 Å². The van der Waals surface area contributed by atoms with E-state index in [9.17, 15) is 9.59 Å². The normalized spacial score (nSPS) is 11.6. The van der Waals surface area contributed by atoms with Gasteiger partial charge >= 0.3 is 6.03 Å². The molecule has 0 spiro atoms. The highest BCUT2D eigenvalue weighted by atomic mass is 16.7. The molecule has 7 heteroatoms. The van der Waals surface area contributed by atoms with E-state index in [-0.39, 0.29) is 12.7 Å². The van der Waals surface area contributed by atoms with Gasteiger partial charge < -0.3 is 25.4 Å². The van der Waals surface area contributed by atoms with Gasteiger partial charge in [0.05, 0.1) is 0 Å². The molecule has 1 heterocycles. The fourth-order valence-electron chi connectivity index (χ4n) is 2.89. The zero-order chi connectivity index (χ0) is 20.2. The van der Waals surface area contributed by atoms with E-state index < -0.39 is 6.03 Å². The Morgan fingerprint density at radius 2 is 1.48 bits per heavy atom. The molecule has 3 aromatic carbocycles. The molecule has 0 atom stereocenters. The topological polar surface area (TPSA) is 88.7 Å². The molecule has 0 unspecified atom stereocenters. The lowest BCUT2D eigenvalue weighted by molar-refractivity contribution is 0.102. The van der Waals surface area contributed by atoms with Crippen LogP contribution in [0.4, 0.5) is 21.9 Å². The van der Waals surface area contributed by atoms with Gasteiger partial charge in [-0.25, -0.2) is 4.79 Å². The van der Waals surface area contributed by atoms with Crippen molar-refractivity contribution in [1.29, 1.82) is 0 Å². The van der Waals surface area contributed by atoms with Gasteiger partial charge in [-0.3, -0.25) is 4.79 Å². The Morgan fingerprint density at radius 1 is 0.793 bits per heavy atom. The van der Waals surface area contributed by atoms with Crippen LogP contribution < -0.4 is 25.4 Å². The van der Waals surface area contributed by atoms with E-state index in [2.05, 4.69) is 16.0 Å². The highest BCUT2D eigenvalue weighted by molar-refractivity contribution is 6.05. The molecule has 3 aromatic rings. The molecule has 29 heavy (non-hydrogen) atoms. The van der Waals surface area contributed by atoms with Crippen LogP contribution in [0, 0.1) is 6.92 Å². The largest absolute Gasteiger partial charge is 0.454 e. The van der Waals surface area contributed by atoms with Crippen molar-refractivity contribution in [3.05, 3.63) is 77.9 Å². The number of rotatable bonds is 4. The Balaban J connectivity index is 1.43. The third-order valence-corrected chi connectivity index (χ3v) is 4.41. The second kappa shape index (κ2) is 7.93. The zero-order valence-electron chi connectivity index (χ0n) is 15.7. The average Bonchev–Trinajstić information content (AvgIpc) is 3.19. The molecule has 0 saturated heterocycles. The van der Waals surface area contributed by atoms with Crippen LogP contribution in [0.25, 0.3) is 0 Å². The Bertz CT molecular complexity index is 1070. The predicted molar refractivity (Wildman–Crippen MR) is 111 cm³/mol. The highest BCUT2D eigenvalue weighted by Crippen LogP contribution is 2.34. The van der Waals surface area contributed by atoms with Gasteiger partial charge in [0.2, 0.25) is 6.79 Å². The van der Waals surface area contributed by atoms with Crippen LogP contribution in [-0.2, 0) is 0 Å². The van der Waals surface area contributed by atoms with E-state index in [1.54, 1.807) is 54.6 Å². The van der Waals surface area contributed by atoms with Crippen LogP contribution in [-0.4, -0.2) is 18.7 Å². The number of ether oxygens (including phenoxy) is 2. The summed E-state index contributed by atoms with van der Waals surface area (Å²) in [6.07, 6.45) is 0. The van der Waals surface area contributed by atoms with Crippen LogP contribution in [0.2, 0.25) is 0 Å². The van der Waals surface area contributed by atoms with Crippen LogP contribution in [0.1, 0.15) is 15.9 Å². The zero-order valence-corrected chi connectivity index (χ0v) is 15.7. The monoisotopic (exact) mass is 389 g/mol. The quantitative estimate of drug-likeness (QED) is 0.607. The van der Waals surface area contributed by atoms with Gasteiger partial charge in [-0.05, 0) is 48.9 Å². The van der Waals surface area contributed by atoms with Crippen molar-refractivity contribution < 1.29 is 19.1 Å². The van der Waals surface area contributed by atoms with Crippen molar-refractivity contribution in [1.82, 2.24) is 0 Å². The van der Waals surface area contributed by atoms with E-state index in [0.717, 1.165) is 5.56 Å². The summed E-state index contributed by atoms with van der Waals surface area (Å²) in [5.74, 6) is 1.02. The number of anilines is 3. The molecule has 7 nitrogen and oxygen atoms in total. The van der Waals surface area contributed by atoms with Gasteiger partial charge in [-0.1, -0.05) is 24.3 Å². The van der Waals surface area contributed by atoms with Gasteiger partial charge in [0.25, 0.3) is 5.91 Å². The van der Waals surface area contributed by atoms with Crippen LogP contribution in [0.3, 0.4) is 0 Å². The standard InChI is InChI=1S/C22H19N3O4/c1-14-7-8-16(11-18(14)25-21(26)15-5-3-2-4-6-15)23-22(27)24-17-9-10-19-20(12-17)29-13-28-19/h2-12H,13H2,1H3,(H,25,26)(H2,23,24,27). The number of carbonyl (C=O) groups excluding carboxylic acids is 2. The van der Waals surface area contributed by atoms with Gasteiger partial charge in [0.1, 0.15) is 0 Å². The molecule has 0 fully saturated rings. The number of urea groups is 1. The molecule has 0 aromatic heterocycles. The predicted octanol–water partition coefficient (Wildman–Crippen LogP) is 4.62. The number of hydrogen-bond donors (Lipinski definition) is 3. The SMILES string of the molecule is Cc1ccc(NC(=O)Nc2ccc3c(c2)OCO3)cc1NC(=O)c1ccccc1. The first kappa shape index (κ1) is 18.4. The first-order valence-electron chi connectivity index (χ1n) is 9.03. The van der Waals surface area contributed by atoms with E-state index in [4.69, 9.17) is 9.47 Å². The van der Waals surface area contributed by atoms with Gasteiger partial charge in [-0.2, -0.15) is 0 Å². The minimum Gasteiger partial charge on any atom is -0.454 e. The molecule has 0 saturated carbocycles. The number of carbonyl (C=O) groups is 2. The fourth-order valence-corrected chi connectivity index (χ4v) is 2.89. The van der Waals surface area contributed by atoms with Crippen molar-refractivity contribution in [3.63, 3.8) is 0 Å². The molecule has 0 bridgehead atoms. The second-order valence-electron chi connectivity index (χ2n) is 6.50. The number of amides is 3. The maximum atomic E-state index is 12.4. The van der Waals surface area contributed by atoms with Crippen LogP contribution >= 0.6 is 0 Å². The summed E-state index contributed by atoms with van der Waals surface area (Å²) in [4.78, 5) is 24.7. The van der Waals surface area contributed by atoms with E-state index in [1.165, 1.54) is 0 Å². The van der Waals surface area contributed by atoms with Crippen molar-refractivity contribution in [2.45, 2.75) is 6.92 Å². The summed E-state index contributed by atoms with van der Waals surface area (Å²) in [6, 6.07) is 19.0. The Morgan fingerprint density at radius 3 is 2.28 bits per heavy atom. The summed E-state index contributed by atoms with van der Waals surface area (Å²) >= 11 is 0. The molecule has 4 rings (SSSR count). The third-order valence-electron chi connectivity index (χ3n) is 4.41. The van der Waals surface area contributed by atoms with Gasteiger partial charge in [-0.15, -0.1) is 0 Å². The molecular weight excluding hydrogens is 370 g/mol. The lowest BCUT2D eigenvalue weighted by atomic mass is 10.1. The summed E-state index contributed by atoms with van der Waals surface area (Å²) in [5.41, 5.74) is 3.20. The van der Waals surface area contributed by atoms with Crippen molar-refractivity contribution >= 4 is 29.0 Å². The van der Waals surface area contributed by atoms with Crippen LogP contribution in [0.5, 0.6) is 11.5 Å². The number of fused-ring (bicyclic) bond motifs is 1. The van der Waals surface area contributed by atoms with Crippen molar-refractivity contribution in [2.75, 3.05) is 22.7 Å². The molecule has 146 valence electrons. The number of hydrogen-bond acceptors (Lipinski definition) is 4. The smallest absolute Gasteiger partial charge is 0.323 e. The fraction of sp³-hybridized carbons (Fsp3) is 0.0909. The molecule has 1 aliphatic heterocycles. The first-order valence-corrected chi connectivity index (χ1v) is 9.03. The summed E-state index contributed by atoms with van der Waals surface area (Å²) in [5, 5.41) is 8.39. The molecular formula is C22H19N3O4. The molecule has 3 amide bonds. The first-order chi connectivity index (χ1) is 14.1. The maximum Gasteiger partial charge on any atom is 0.323 e. The average molecular weight is 389 g/mol. The Kier molecular flexibility index (Phi) is 5.03. The minimum atomic E-state index is -0.409. The maximum absolute atomic E-state index is 12.4. The van der Waals surface area contributed by atoms with Crippen molar-refractivity contribution in [3.8, 4) is 11.5 Å². The lowest BCUT2D eigenvalue weighted by Crippen LogP contribution is -2.19. The number of nitrogens with one attached hydrogen (secondary N) is 3. The minimum absolute atomic E-state index is 0.172. The van der Waals surface area contributed by atoms with Gasteiger partial charge in [0.15, 0.2) is 11.5 Å². The summed E-state index contributed by atoms with van der Waals surface area (Å²) in [7, 11) is 0. The van der Waals surface area contributed by atoms with E-state index in [0.29, 0.717) is 34.1 Å². The summed E-state index contributed by atoms with van der Waals surface area (Å²) < 4.78 is 10.6. The lowest BCUT2D eigenvalue weighted by Gasteiger charge is -2.12. The molecule has 1 aliphatic rings. The van der Waals surface area contributed by atoms with E-state index >= 15 is 0 Å². The molecule has 0 radical (unpaired) electrons. The number of benzene rings is 3. The number of aryl methyl sites for hydroxylation is 1. The molecule has 3 N–H and O–H groups in total. The van der Waals surface area contributed by atoms with Crippen LogP contribution in [0.15, 0.2) is 66.7 Å². The van der Waals surface area contributed by atoms with Gasteiger partial charge in [0, 0.05) is 28.7 Å². The Hall–Kier alpha value is -4.00. The van der Waals surface area contributed by atoms with E-state index in [1.807, 2.05) is 19.1 Å². The molecule has 0 aliphatic carbocycles. The highest BCUT2D eigenvalue weighted by Gasteiger charge is 2.14. The van der Waals surface area contributed by atoms with Crippen molar-refractivity contribution in [2.24, 2.45) is 0 Å². The second-order valence-corrected chi connectivity index (χ2v) is 6.50.